The van der Waals surface area contributed by atoms with Crippen LogP contribution in [0.2, 0.25) is 0 Å². The second-order valence-corrected chi connectivity index (χ2v) is 9.27. The van der Waals surface area contributed by atoms with Gasteiger partial charge in [0.25, 0.3) is 0 Å². The highest BCUT2D eigenvalue weighted by Crippen LogP contribution is 2.17. The van der Waals surface area contributed by atoms with E-state index in [-0.39, 0.29) is 5.41 Å². The number of sulfone groups is 1. The predicted molar refractivity (Wildman–Crippen MR) is 81.2 cm³/mol. The van der Waals surface area contributed by atoms with E-state index in [1.165, 1.54) is 0 Å². The summed E-state index contributed by atoms with van der Waals surface area (Å²) in [5.74, 6) is 1.34. The van der Waals surface area contributed by atoms with Gasteiger partial charge in [-0.05, 0) is 30.8 Å². The topological polar surface area (TPSA) is 49.4 Å². The Morgan fingerprint density at radius 1 is 1.21 bits per heavy atom. The standard InChI is InChI=1S/C14H30N2O2S/c1-13(2)10-15-11-14(3,4)12-16-6-5-8-19(17,18)9-7-16/h13,15H,5-12H2,1-4H3. The molecule has 0 aromatic heterocycles. The summed E-state index contributed by atoms with van der Waals surface area (Å²) >= 11 is 0. The van der Waals surface area contributed by atoms with Gasteiger partial charge >= 0.3 is 0 Å². The highest BCUT2D eigenvalue weighted by atomic mass is 32.2. The largest absolute Gasteiger partial charge is 0.316 e. The molecule has 0 saturated carbocycles. The summed E-state index contributed by atoms with van der Waals surface area (Å²) in [6.45, 7) is 13.5. The van der Waals surface area contributed by atoms with E-state index in [0.29, 0.717) is 24.0 Å². The summed E-state index contributed by atoms with van der Waals surface area (Å²) in [6, 6.07) is 0. The van der Waals surface area contributed by atoms with Gasteiger partial charge in [0.15, 0.2) is 9.84 Å². The van der Waals surface area contributed by atoms with Gasteiger partial charge in [0.1, 0.15) is 0 Å². The third-order valence-electron chi connectivity index (χ3n) is 3.46. The van der Waals surface area contributed by atoms with Crippen molar-refractivity contribution in [1.29, 1.82) is 0 Å². The predicted octanol–water partition coefficient (Wildman–Crippen LogP) is 1.38. The Bertz CT molecular complexity index is 364. The fraction of sp³-hybridized carbons (Fsp3) is 1.00. The first-order valence-corrected chi connectivity index (χ1v) is 9.16. The quantitative estimate of drug-likeness (QED) is 0.803. The smallest absolute Gasteiger partial charge is 0.151 e. The highest BCUT2D eigenvalue weighted by molar-refractivity contribution is 7.91. The van der Waals surface area contributed by atoms with E-state index in [2.05, 4.69) is 37.9 Å². The van der Waals surface area contributed by atoms with Gasteiger partial charge in [-0.15, -0.1) is 0 Å². The van der Waals surface area contributed by atoms with E-state index in [1.54, 1.807) is 0 Å². The summed E-state index contributed by atoms with van der Waals surface area (Å²) in [5, 5.41) is 3.50. The minimum atomic E-state index is -2.79. The van der Waals surface area contributed by atoms with Crippen LogP contribution in [0.5, 0.6) is 0 Å². The van der Waals surface area contributed by atoms with E-state index in [9.17, 15) is 8.42 Å². The summed E-state index contributed by atoms with van der Waals surface area (Å²) in [6.07, 6.45) is 0.776. The van der Waals surface area contributed by atoms with Crippen LogP contribution in [0.25, 0.3) is 0 Å². The SMILES string of the molecule is CC(C)CNCC(C)(C)CN1CCCS(=O)(=O)CC1. The van der Waals surface area contributed by atoms with Crippen LogP contribution in [0.15, 0.2) is 0 Å². The van der Waals surface area contributed by atoms with Crippen LogP contribution >= 0.6 is 0 Å². The molecule has 19 heavy (non-hydrogen) atoms. The lowest BCUT2D eigenvalue weighted by atomic mass is 9.92. The highest BCUT2D eigenvalue weighted by Gasteiger charge is 2.25. The van der Waals surface area contributed by atoms with Gasteiger partial charge in [0, 0.05) is 19.6 Å². The van der Waals surface area contributed by atoms with Crippen molar-refractivity contribution in [3.05, 3.63) is 0 Å². The Balaban J connectivity index is 2.39. The Morgan fingerprint density at radius 3 is 2.53 bits per heavy atom. The van der Waals surface area contributed by atoms with Crippen LogP contribution in [-0.4, -0.2) is 57.5 Å². The molecule has 1 aliphatic heterocycles. The van der Waals surface area contributed by atoms with Crippen molar-refractivity contribution in [1.82, 2.24) is 10.2 Å². The second-order valence-electron chi connectivity index (χ2n) is 6.97. The summed E-state index contributed by atoms with van der Waals surface area (Å²) in [7, 11) is -2.79. The van der Waals surface area contributed by atoms with Gasteiger partial charge in [0.05, 0.1) is 11.5 Å². The minimum Gasteiger partial charge on any atom is -0.316 e. The molecule has 1 heterocycles. The van der Waals surface area contributed by atoms with E-state index in [4.69, 9.17) is 0 Å². The van der Waals surface area contributed by atoms with E-state index >= 15 is 0 Å². The van der Waals surface area contributed by atoms with Crippen molar-refractivity contribution in [2.75, 3.05) is 44.2 Å². The first kappa shape index (κ1) is 16.9. The Hall–Kier alpha value is -0.130. The van der Waals surface area contributed by atoms with Crippen molar-refractivity contribution in [3.8, 4) is 0 Å². The van der Waals surface area contributed by atoms with Gasteiger partial charge in [-0.3, -0.25) is 0 Å². The molecule has 5 heteroatoms. The molecule has 0 aliphatic carbocycles. The Labute approximate surface area is 118 Å². The van der Waals surface area contributed by atoms with Crippen molar-refractivity contribution >= 4 is 9.84 Å². The molecule has 1 aliphatic rings. The van der Waals surface area contributed by atoms with Gasteiger partial charge in [-0.2, -0.15) is 0 Å². The maximum absolute atomic E-state index is 11.6. The van der Waals surface area contributed by atoms with Crippen LogP contribution in [0.3, 0.4) is 0 Å². The third-order valence-corrected chi connectivity index (χ3v) is 5.17. The summed E-state index contributed by atoms with van der Waals surface area (Å²) in [4.78, 5) is 2.31. The number of nitrogens with zero attached hydrogens (tertiary/aromatic N) is 1. The zero-order valence-electron chi connectivity index (χ0n) is 12.9. The molecule has 0 amide bonds. The molecule has 0 aromatic carbocycles. The molecule has 1 fully saturated rings. The first-order chi connectivity index (χ1) is 8.70. The van der Waals surface area contributed by atoms with Crippen molar-refractivity contribution < 1.29 is 8.42 Å². The number of rotatable bonds is 6. The Morgan fingerprint density at radius 2 is 1.89 bits per heavy atom. The molecule has 1 saturated heterocycles. The molecule has 114 valence electrons. The van der Waals surface area contributed by atoms with E-state index in [1.807, 2.05) is 0 Å². The average molecular weight is 290 g/mol. The monoisotopic (exact) mass is 290 g/mol. The molecule has 4 nitrogen and oxygen atoms in total. The average Bonchev–Trinajstić information content (AvgIpc) is 2.39. The van der Waals surface area contributed by atoms with E-state index in [0.717, 1.165) is 32.6 Å². The zero-order chi connectivity index (χ0) is 14.5. The lowest BCUT2D eigenvalue weighted by Gasteiger charge is -2.32. The van der Waals surface area contributed by atoms with Gasteiger partial charge in [0.2, 0.25) is 0 Å². The molecule has 0 atom stereocenters. The molecule has 0 unspecified atom stereocenters. The van der Waals surface area contributed by atoms with Gasteiger partial charge < -0.3 is 10.2 Å². The molecule has 0 bridgehead atoms. The summed E-state index contributed by atoms with van der Waals surface area (Å²) < 4.78 is 23.2. The van der Waals surface area contributed by atoms with Crippen LogP contribution < -0.4 is 5.32 Å². The molecule has 1 rings (SSSR count). The fourth-order valence-corrected chi connectivity index (χ4v) is 3.82. The number of nitrogens with one attached hydrogen (secondary N) is 1. The van der Waals surface area contributed by atoms with Crippen LogP contribution in [-0.2, 0) is 9.84 Å². The van der Waals surface area contributed by atoms with Crippen molar-refractivity contribution in [2.24, 2.45) is 11.3 Å². The Kier molecular flexibility index (Phi) is 6.27. The molecule has 1 N–H and O–H groups in total. The number of hydrogen-bond acceptors (Lipinski definition) is 4. The molecule has 0 radical (unpaired) electrons. The fourth-order valence-electron chi connectivity index (χ4n) is 2.51. The summed E-state index contributed by atoms with van der Waals surface area (Å²) in [5.41, 5.74) is 0.184. The minimum absolute atomic E-state index is 0.184. The first-order valence-electron chi connectivity index (χ1n) is 7.34. The maximum Gasteiger partial charge on any atom is 0.151 e. The van der Waals surface area contributed by atoms with Crippen molar-refractivity contribution in [3.63, 3.8) is 0 Å². The van der Waals surface area contributed by atoms with Gasteiger partial charge in [-0.1, -0.05) is 27.7 Å². The van der Waals surface area contributed by atoms with Crippen LogP contribution in [0, 0.1) is 11.3 Å². The van der Waals surface area contributed by atoms with Crippen molar-refractivity contribution in [2.45, 2.75) is 34.1 Å². The molecule has 0 spiro atoms. The lowest BCUT2D eigenvalue weighted by Crippen LogP contribution is -2.42. The maximum atomic E-state index is 11.6. The molecular weight excluding hydrogens is 260 g/mol. The zero-order valence-corrected chi connectivity index (χ0v) is 13.7. The normalized spacial score (nSPS) is 21.5. The van der Waals surface area contributed by atoms with Crippen LogP contribution in [0.4, 0.5) is 0 Å². The number of hydrogen-bond donors (Lipinski definition) is 1. The van der Waals surface area contributed by atoms with Gasteiger partial charge in [-0.25, -0.2) is 8.42 Å². The second kappa shape index (κ2) is 7.04. The molecular formula is C14H30N2O2S. The third kappa shape index (κ3) is 7.28. The van der Waals surface area contributed by atoms with E-state index < -0.39 is 9.84 Å². The lowest BCUT2D eigenvalue weighted by molar-refractivity contribution is 0.183. The molecule has 0 aromatic rings. The van der Waals surface area contributed by atoms with Crippen LogP contribution in [0.1, 0.15) is 34.1 Å².